The van der Waals surface area contributed by atoms with Crippen LogP contribution in [0.15, 0.2) is 30.9 Å². The number of nitrogens with zero attached hydrogens (tertiary/aromatic N) is 1. The van der Waals surface area contributed by atoms with E-state index in [4.69, 9.17) is 0 Å². The van der Waals surface area contributed by atoms with Gasteiger partial charge in [-0.2, -0.15) is 0 Å². The summed E-state index contributed by atoms with van der Waals surface area (Å²) in [4.78, 5) is 14.8. The molecule has 1 N–H and O–H groups in total. The molecule has 3 heteroatoms. The van der Waals surface area contributed by atoms with Crippen LogP contribution in [0.1, 0.15) is 41.6 Å². The number of carbonyl (C=O) groups excluding carboxylic acids is 1. The van der Waals surface area contributed by atoms with E-state index in [0.29, 0.717) is 12.6 Å². The SMILES string of the molecule is C=CCN(C(=O)c1ccc2c(c1)NCC2)C1CCCC1. The first-order valence-corrected chi connectivity index (χ1v) is 7.58. The lowest BCUT2D eigenvalue weighted by molar-refractivity contribution is 0.0706. The monoisotopic (exact) mass is 270 g/mol. The van der Waals surface area contributed by atoms with Crippen molar-refractivity contribution in [3.63, 3.8) is 0 Å². The molecule has 0 saturated heterocycles. The van der Waals surface area contributed by atoms with E-state index in [2.05, 4.69) is 18.0 Å². The Morgan fingerprint density at radius 2 is 2.20 bits per heavy atom. The molecule has 0 unspecified atom stereocenters. The summed E-state index contributed by atoms with van der Waals surface area (Å²) in [6.45, 7) is 5.42. The van der Waals surface area contributed by atoms with Crippen LogP contribution in [-0.4, -0.2) is 29.9 Å². The van der Waals surface area contributed by atoms with Crippen molar-refractivity contribution in [2.75, 3.05) is 18.4 Å². The van der Waals surface area contributed by atoms with E-state index in [0.717, 1.165) is 37.1 Å². The summed E-state index contributed by atoms with van der Waals surface area (Å²) < 4.78 is 0. The van der Waals surface area contributed by atoms with E-state index in [-0.39, 0.29) is 5.91 Å². The first-order valence-electron chi connectivity index (χ1n) is 7.58. The Kier molecular flexibility index (Phi) is 3.77. The summed E-state index contributed by atoms with van der Waals surface area (Å²) in [6.07, 6.45) is 7.62. The second-order valence-electron chi connectivity index (χ2n) is 5.73. The molecule has 1 aromatic rings. The van der Waals surface area contributed by atoms with Crippen LogP contribution in [0.5, 0.6) is 0 Å². The summed E-state index contributed by atoms with van der Waals surface area (Å²) in [6, 6.07) is 6.46. The van der Waals surface area contributed by atoms with Gasteiger partial charge in [-0.15, -0.1) is 6.58 Å². The highest BCUT2D eigenvalue weighted by Gasteiger charge is 2.27. The Labute approximate surface area is 120 Å². The predicted molar refractivity (Wildman–Crippen MR) is 82.1 cm³/mol. The largest absolute Gasteiger partial charge is 0.384 e. The van der Waals surface area contributed by atoms with Crippen molar-refractivity contribution in [1.29, 1.82) is 0 Å². The number of benzene rings is 1. The minimum Gasteiger partial charge on any atom is -0.384 e. The number of rotatable bonds is 4. The molecule has 20 heavy (non-hydrogen) atoms. The molecule has 0 aromatic heterocycles. The van der Waals surface area contributed by atoms with E-state index >= 15 is 0 Å². The second kappa shape index (κ2) is 5.70. The van der Waals surface area contributed by atoms with E-state index in [1.165, 1.54) is 18.4 Å². The molecular formula is C17H22N2O. The Bertz CT molecular complexity index is 518. The van der Waals surface area contributed by atoms with E-state index in [1.807, 2.05) is 23.1 Å². The first kappa shape index (κ1) is 13.2. The summed E-state index contributed by atoms with van der Waals surface area (Å²) in [7, 11) is 0. The van der Waals surface area contributed by atoms with Crippen LogP contribution in [0.25, 0.3) is 0 Å². The fourth-order valence-electron chi connectivity index (χ4n) is 3.34. The Morgan fingerprint density at radius 3 is 2.95 bits per heavy atom. The van der Waals surface area contributed by atoms with Crippen LogP contribution < -0.4 is 5.32 Å². The van der Waals surface area contributed by atoms with Crippen molar-refractivity contribution in [1.82, 2.24) is 4.90 Å². The van der Waals surface area contributed by atoms with E-state index < -0.39 is 0 Å². The van der Waals surface area contributed by atoms with Crippen molar-refractivity contribution >= 4 is 11.6 Å². The minimum atomic E-state index is 0.147. The van der Waals surface area contributed by atoms with Gasteiger partial charge in [0.2, 0.25) is 0 Å². The van der Waals surface area contributed by atoms with Gasteiger partial charge in [0.1, 0.15) is 0 Å². The molecule has 106 valence electrons. The van der Waals surface area contributed by atoms with Gasteiger partial charge in [0, 0.05) is 30.4 Å². The predicted octanol–water partition coefficient (Wildman–Crippen LogP) is 3.23. The maximum atomic E-state index is 12.8. The molecular weight excluding hydrogens is 248 g/mol. The molecule has 1 amide bonds. The smallest absolute Gasteiger partial charge is 0.254 e. The third-order valence-corrected chi connectivity index (χ3v) is 4.42. The van der Waals surface area contributed by atoms with Gasteiger partial charge >= 0.3 is 0 Å². The lowest BCUT2D eigenvalue weighted by Crippen LogP contribution is -2.38. The number of hydrogen-bond acceptors (Lipinski definition) is 2. The van der Waals surface area contributed by atoms with Crippen molar-refractivity contribution < 1.29 is 4.79 Å². The van der Waals surface area contributed by atoms with Crippen LogP contribution in [0.2, 0.25) is 0 Å². The van der Waals surface area contributed by atoms with Crippen molar-refractivity contribution in [2.24, 2.45) is 0 Å². The quantitative estimate of drug-likeness (QED) is 0.852. The topological polar surface area (TPSA) is 32.3 Å². The highest BCUT2D eigenvalue weighted by Crippen LogP contribution is 2.27. The zero-order chi connectivity index (χ0) is 13.9. The number of hydrogen-bond donors (Lipinski definition) is 1. The molecule has 0 spiro atoms. The van der Waals surface area contributed by atoms with Gasteiger partial charge in [-0.1, -0.05) is 25.0 Å². The molecule has 3 rings (SSSR count). The van der Waals surface area contributed by atoms with Crippen LogP contribution in [0.3, 0.4) is 0 Å². The zero-order valence-electron chi connectivity index (χ0n) is 11.9. The third-order valence-electron chi connectivity index (χ3n) is 4.42. The fraction of sp³-hybridized carbons (Fsp3) is 0.471. The van der Waals surface area contributed by atoms with E-state index in [1.54, 1.807) is 0 Å². The van der Waals surface area contributed by atoms with E-state index in [9.17, 15) is 4.79 Å². The maximum absolute atomic E-state index is 12.8. The highest BCUT2D eigenvalue weighted by molar-refractivity contribution is 5.95. The van der Waals surface area contributed by atoms with Crippen LogP contribution >= 0.6 is 0 Å². The lowest BCUT2D eigenvalue weighted by Gasteiger charge is -2.28. The summed E-state index contributed by atoms with van der Waals surface area (Å²) in [5, 5.41) is 3.34. The number of nitrogens with one attached hydrogen (secondary N) is 1. The second-order valence-corrected chi connectivity index (χ2v) is 5.73. The van der Waals surface area contributed by atoms with Crippen molar-refractivity contribution in [3.8, 4) is 0 Å². The molecule has 1 heterocycles. The minimum absolute atomic E-state index is 0.147. The number of anilines is 1. The number of amides is 1. The van der Waals surface area contributed by atoms with Gasteiger partial charge in [0.15, 0.2) is 0 Å². The fourth-order valence-corrected chi connectivity index (χ4v) is 3.34. The van der Waals surface area contributed by atoms with Crippen molar-refractivity contribution in [3.05, 3.63) is 42.0 Å². The average Bonchev–Trinajstić information content (AvgIpc) is 3.13. The third kappa shape index (κ3) is 2.45. The lowest BCUT2D eigenvalue weighted by atomic mass is 10.1. The van der Waals surface area contributed by atoms with Crippen LogP contribution in [-0.2, 0) is 6.42 Å². The molecule has 3 nitrogen and oxygen atoms in total. The summed E-state index contributed by atoms with van der Waals surface area (Å²) in [5.74, 6) is 0.147. The summed E-state index contributed by atoms with van der Waals surface area (Å²) in [5.41, 5.74) is 3.24. The van der Waals surface area contributed by atoms with Gasteiger partial charge < -0.3 is 10.2 Å². The normalized spacial score (nSPS) is 17.6. The molecule has 1 saturated carbocycles. The molecule has 1 aliphatic carbocycles. The molecule has 1 aromatic carbocycles. The molecule has 1 aliphatic heterocycles. The molecule has 2 aliphatic rings. The Hall–Kier alpha value is -1.77. The van der Waals surface area contributed by atoms with Crippen LogP contribution in [0.4, 0.5) is 5.69 Å². The average molecular weight is 270 g/mol. The maximum Gasteiger partial charge on any atom is 0.254 e. The molecule has 0 radical (unpaired) electrons. The Morgan fingerprint density at radius 1 is 1.40 bits per heavy atom. The summed E-state index contributed by atoms with van der Waals surface area (Å²) >= 11 is 0. The van der Waals surface area contributed by atoms with Crippen LogP contribution in [0, 0.1) is 0 Å². The van der Waals surface area contributed by atoms with Gasteiger partial charge in [-0.25, -0.2) is 0 Å². The van der Waals surface area contributed by atoms with Gasteiger partial charge in [0.05, 0.1) is 0 Å². The van der Waals surface area contributed by atoms with Crippen molar-refractivity contribution in [2.45, 2.75) is 38.1 Å². The molecule has 1 fully saturated rings. The highest BCUT2D eigenvalue weighted by atomic mass is 16.2. The number of carbonyl (C=O) groups is 1. The van der Waals surface area contributed by atoms with Gasteiger partial charge in [-0.3, -0.25) is 4.79 Å². The number of fused-ring (bicyclic) bond motifs is 1. The van der Waals surface area contributed by atoms with Gasteiger partial charge in [0.25, 0.3) is 5.91 Å². The first-order chi connectivity index (χ1) is 9.79. The van der Waals surface area contributed by atoms with Gasteiger partial charge in [-0.05, 0) is 37.0 Å². The zero-order valence-corrected chi connectivity index (χ0v) is 11.9. The standard InChI is InChI=1S/C17H22N2O/c1-2-11-19(15-5-3-4-6-15)17(20)14-8-7-13-9-10-18-16(13)12-14/h2,7-8,12,15,18H,1,3-6,9-11H2. The molecule has 0 bridgehead atoms. The Balaban J connectivity index is 1.83. The molecule has 0 atom stereocenters.